The smallest absolute Gasteiger partial charge is 0.341 e. The van der Waals surface area contributed by atoms with Gasteiger partial charge in [0.1, 0.15) is 0 Å². The summed E-state index contributed by atoms with van der Waals surface area (Å²) in [4.78, 5) is 22.6. The van der Waals surface area contributed by atoms with E-state index in [1.54, 1.807) is 0 Å². The number of methoxy groups -OCH3 is 1. The number of sulfone groups is 1. The van der Waals surface area contributed by atoms with Crippen molar-refractivity contribution in [3.8, 4) is 0 Å². The van der Waals surface area contributed by atoms with Crippen molar-refractivity contribution in [1.29, 1.82) is 0 Å². The number of nitrogens with one attached hydrogen (secondary N) is 1. The van der Waals surface area contributed by atoms with Gasteiger partial charge in [0.2, 0.25) is 9.84 Å². The zero-order valence-electron chi connectivity index (χ0n) is 12.2. The summed E-state index contributed by atoms with van der Waals surface area (Å²) >= 11 is 0. The van der Waals surface area contributed by atoms with Gasteiger partial charge in [-0.05, 0) is 31.2 Å². The quantitative estimate of drug-likeness (QED) is 0.755. The van der Waals surface area contributed by atoms with Crippen molar-refractivity contribution in [2.75, 3.05) is 13.7 Å². The van der Waals surface area contributed by atoms with E-state index in [1.807, 2.05) is 0 Å². The molecule has 1 unspecified atom stereocenters. The molecule has 10 heteroatoms. The molecule has 0 aliphatic rings. The van der Waals surface area contributed by atoms with Crippen LogP contribution >= 0.6 is 0 Å². The van der Waals surface area contributed by atoms with Gasteiger partial charge in [0.25, 0.3) is 5.91 Å². The van der Waals surface area contributed by atoms with Crippen LogP contribution in [0.5, 0.6) is 0 Å². The predicted molar refractivity (Wildman–Crippen MR) is 75.0 cm³/mol. The van der Waals surface area contributed by atoms with Crippen molar-refractivity contribution < 1.29 is 36.6 Å². The van der Waals surface area contributed by atoms with Crippen LogP contribution in [0.25, 0.3) is 0 Å². The van der Waals surface area contributed by atoms with Crippen LogP contribution in [0.15, 0.2) is 29.2 Å². The highest BCUT2D eigenvalue weighted by Crippen LogP contribution is 2.19. The number of alkyl halides is 2. The largest absolute Gasteiger partial charge is 0.479 e. The average molecular weight is 351 g/mol. The number of amides is 1. The Hall–Kier alpha value is -2.07. The Morgan fingerprint density at radius 2 is 1.83 bits per heavy atom. The Morgan fingerprint density at radius 3 is 2.22 bits per heavy atom. The maximum absolute atomic E-state index is 12.4. The number of carbonyl (C=O) groups is 2. The first kappa shape index (κ1) is 19.0. The molecule has 7 nitrogen and oxygen atoms in total. The van der Waals surface area contributed by atoms with Gasteiger partial charge in [0, 0.05) is 12.7 Å². The molecule has 0 saturated heterocycles. The number of rotatable bonds is 7. The molecular formula is C13H15F2NO6S. The van der Waals surface area contributed by atoms with Gasteiger partial charge in [-0.25, -0.2) is 13.2 Å². The Balaban J connectivity index is 3.01. The summed E-state index contributed by atoms with van der Waals surface area (Å²) < 4.78 is 52.1. The van der Waals surface area contributed by atoms with Crippen LogP contribution in [0.2, 0.25) is 0 Å². The molecule has 1 amide bonds. The number of benzene rings is 1. The first-order valence-electron chi connectivity index (χ1n) is 6.21. The zero-order chi connectivity index (χ0) is 17.8. The van der Waals surface area contributed by atoms with E-state index in [9.17, 15) is 26.8 Å². The molecule has 0 aromatic heterocycles. The number of halogens is 2. The lowest BCUT2D eigenvalue weighted by Gasteiger charge is -2.25. The fourth-order valence-corrected chi connectivity index (χ4v) is 2.38. The molecule has 0 aliphatic heterocycles. The Morgan fingerprint density at radius 1 is 1.30 bits per heavy atom. The monoisotopic (exact) mass is 351 g/mol. The summed E-state index contributed by atoms with van der Waals surface area (Å²) in [6, 6.07) is 3.73. The Labute approximate surface area is 131 Å². The fraction of sp³-hybridized carbons (Fsp3) is 0.385. The van der Waals surface area contributed by atoms with E-state index in [4.69, 9.17) is 9.84 Å². The van der Waals surface area contributed by atoms with Gasteiger partial charge < -0.3 is 15.2 Å². The van der Waals surface area contributed by atoms with E-state index in [0.29, 0.717) is 0 Å². The standard InChI is InChI=1S/C13H15F2NO6S/c1-13(7-22-2,11(18)19)16-10(17)8-3-5-9(6-4-8)23(20,21)12(14)15/h3-6,12H,7H2,1-2H3,(H,16,17)(H,18,19). The van der Waals surface area contributed by atoms with Crippen LogP contribution in [-0.4, -0.2) is 50.4 Å². The summed E-state index contributed by atoms with van der Waals surface area (Å²) in [6.07, 6.45) is 0. The fourth-order valence-electron chi connectivity index (χ4n) is 1.66. The molecule has 0 aliphatic carbocycles. The van der Waals surface area contributed by atoms with Crippen LogP contribution in [-0.2, 0) is 19.4 Å². The van der Waals surface area contributed by atoms with Crippen LogP contribution in [0.3, 0.4) is 0 Å². The van der Waals surface area contributed by atoms with Crippen molar-refractivity contribution in [1.82, 2.24) is 5.32 Å². The highest BCUT2D eigenvalue weighted by atomic mass is 32.2. The van der Waals surface area contributed by atoms with Gasteiger partial charge in [-0.15, -0.1) is 0 Å². The maximum atomic E-state index is 12.4. The van der Waals surface area contributed by atoms with E-state index in [2.05, 4.69) is 5.32 Å². The van der Waals surface area contributed by atoms with Crippen LogP contribution in [0.4, 0.5) is 8.78 Å². The van der Waals surface area contributed by atoms with Gasteiger partial charge in [0.15, 0.2) is 5.54 Å². The molecular weight excluding hydrogens is 336 g/mol. The first-order chi connectivity index (χ1) is 10.5. The third-order valence-corrected chi connectivity index (χ3v) is 4.37. The minimum atomic E-state index is -4.76. The highest BCUT2D eigenvalue weighted by molar-refractivity contribution is 7.91. The topological polar surface area (TPSA) is 110 Å². The van der Waals surface area contributed by atoms with Crippen molar-refractivity contribution >= 4 is 21.7 Å². The average Bonchev–Trinajstić information content (AvgIpc) is 2.47. The molecule has 0 heterocycles. The van der Waals surface area contributed by atoms with E-state index in [1.165, 1.54) is 14.0 Å². The number of ether oxygens (including phenoxy) is 1. The molecule has 1 rings (SSSR count). The maximum Gasteiger partial charge on any atom is 0.341 e. The number of carboxylic acids is 1. The van der Waals surface area contributed by atoms with E-state index < -0.39 is 37.9 Å². The Bertz CT molecular complexity index is 689. The number of hydrogen-bond donors (Lipinski definition) is 2. The predicted octanol–water partition coefficient (Wildman–Crippen LogP) is 0.902. The van der Waals surface area contributed by atoms with Gasteiger partial charge in [-0.3, -0.25) is 4.79 Å². The minimum absolute atomic E-state index is 0.0817. The van der Waals surface area contributed by atoms with E-state index in [-0.39, 0.29) is 12.2 Å². The molecule has 0 fully saturated rings. The van der Waals surface area contributed by atoms with Crippen LogP contribution < -0.4 is 5.32 Å². The van der Waals surface area contributed by atoms with Gasteiger partial charge >= 0.3 is 11.7 Å². The zero-order valence-corrected chi connectivity index (χ0v) is 13.1. The molecule has 0 spiro atoms. The normalized spacial score (nSPS) is 14.3. The van der Waals surface area contributed by atoms with Gasteiger partial charge in [-0.2, -0.15) is 8.78 Å². The lowest BCUT2D eigenvalue weighted by molar-refractivity contribution is -0.145. The Kier molecular flexibility index (Phi) is 5.78. The third kappa shape index (κ3) is 4.23. The SMILES string of the molecule is COCC(C)(NC(=O)c1ccc(S(=O)(=O)C(F)F)cc1)C(=O)O. The number of hydrogen-bond acceptors (Lipinski definition) is 5. The lowest BCUT2D eigenvalue weighted by Crippen LogP contribution is -2.55. The molecule has 0 radical (unpaired) electrons. The second kappa shape index (κ2) is 7.01. The minimum Gasteiger partial charge on any atom is -0.479 e. The molecule has 1 aromatic rings. The van der Waals surface area contributed by atoms with Crippen LogP contribution in [0.1, 0.15) is 17.3 Å². The van der Waals surface area contributed by atoms with E-state index >= 15 is 0 Å². The van der Waals surface area contributed by atoms with Gasteiger partial charge in [-0.1, -0.05) is 0 Å². The number of carbonyl (C=O) groups excluding carboxylic acids is 1. The molecule has 0 bridgehead atoms. The van der Waals surface area contributed by atoms with Crippen molar-refractivity contribution in [2.24, 2.45) is 0 Å². The second-order valence-corrected chi connectivity index (χ2v) is 6.77. The summed E-state index contributed by atoms with van der Waals surface area (Å²) in [5, 5.41) is 11.3. The molecule has 1 aromatic carbocycles. The molecule has 2 N–H and O–H groups in total. The summed E-state index contributed by atoms with van der Waals surface area (Å²) in [5.41, 5.74) is -1.78. The van der Waals surface area contributed by atoms with Crippen LogP contribution in [0, 0.1) is 0 Å². The lowest BCUT2D eigenvalue weighted by atomic mass is 10.0. The van der Waals surface area contributed by atoms with Crippen molar-refractivity contribution in [3.63, 3.8) is 0 Å². The molecule has 1 atom stereocenters. The molecule has 0 saturated carbocycles. The molecule has 23 heavy (non-hydrogen) atoms. The van der Waals surface area contributed by atoms with E-state index in [0.717, 1.165) is 24.3 Å². The van der Waals surface area contributed by atoms with Gasteiger partial charge in [0.05, 0.1) is 11.5 Å². The number of carboxylic acid groups (broad SMARTS) is 1. The van der Waals surface area contributed by atoms with Crippen molar-refractivity contribution in [2.45, 2.75) is 23.1 Å². The second-order valence-electron chi connectivity index (χ2n) is 4.85. The summed E-state index contributed by atoms with van der Waals surface area (Å²) in [6.45, 7) is 0.929. The first-order valence-corrected chi connectivity index (χ1v) is 7.76. The number of aliphatic carboxylic acids is 1. The van der Waals surface area contributed by atoms with Crippen molar-refractivity contribution in [3.05, 3.63) is 29.8 Å². The highest BCUT2D eigenvalue weighted by Gasteiger charge is 2.35. The molecule has 128 valence electrons. The third-order valence-electron chi connectivity index (χ3n) is 2.97. The summed E-state index contributed by atoms with van der Waals surface area (Å²) in [5.74, 6) is -5.71. The summed E-state index contributed by atoms with van der Waals surface area (Å²) in [7, 11) is -3.49.